The van der Waals surface area contributed by atoms with Crippen LogP contribution in [0.2, 0.25) is 0 Å². The molecule has 0 amide bonds. The fraction of sp³-hybridized carbons (Fsp3) is 0.324. The number of carbonyl (C=O) groups excluding carboxylic acids is 1. The van der Waals surface area contributed by atoms with E-state index in [1.165, 1.54) is 36.4 Å². The molecule has 3 aromatic carbocycles. The highest BCUT2D eigenvalue weighted by Gasteiger charge is 2.30. The maximum absolute atomic E-state index is 13.8. The first-order chi connectivity index (χ1) is 21.0. The van der Waals surface area contributed by atoms with Crippen molar-refractivity contribution < 1.29 is 36.6 Å². The van der Waals surface area contributed by atoms with E-state index in [2.05, 4.69) is 0 Å². The summed E-state index contributed by atoms with van der Waals surface area (Å²) in [5.41, 5.74) is -0.347. The van der Waals surface area contributed by atoms with Gasteiger partial charge in [0, 0.05) is 36.8 Å². The lowest BCUT2D eigenvalue weighted by Crippen LogP contribution is -2.33. The van der Waals surface area contributed by atoms with Crippen LogP contribution in [0.1, 0.15) is 60.7 Å². The summed E-state index contributed by atoms with van der Waals surface area (Å²) < 4.78 is 70.6. The Bertz CT molecular complexity index is 1650. The third-order valence-corrected chi connectivity index (χ3v) is 6.46. The van der Waals surface area contributed by atoms with Crippen molar-refractivity contribution in [3.8, 4) is 29.0 Å². The molecule has 0 saturated carbocycles. The first-order valence-electron chi connectivity index (χ1n) is 14.0. The molecule has 0 fully saturated rings. The topological polar surface area (TPSA) is 92.3 Å². The molecular formula is C34H32F4N2O4. The van der Waals surface area contributed by atoms with Crippen molar-refractivity contribution in [2.75, 3.05) is 26.5 Å². The van der Waals surface area contributed by atoms with Gasteiger partial charge in [0.1, 0.15) is 30.3 Å². The molecule has 0 aliphatic rings. The molecule has 44 heavy (non-hydrogen) atoms. The molecule has 0 atom stereocenters. The number of halogens is 4. The minimum absolute atomic E-state index is 0.00389. The van der Waals surface area contributed by atoms with Gasteiger partial charge in [-0.1, -0.05) is 26.0 Å². The Morgan fingerprint density at radius 3 is 2.23 bits per heavy atom. The van der Waals surface area contributed by atoms with E-state index in [0.717, 1.165) is 12.1 Å². The van der Waals surface area contributed by atoms with Crippen LogP contribution in [0.25, 0.3) is 23.0 Å². The Hall–Kier alpha value is -4.67. The summed E-state index contributed by atoms with van der Waals surface area (Å²) >= 11 is 0. The largest absolute Gasteiger partial charge is 0.462 e. The number of alkyl halides is 4. The van der Waals surface area contributed by atoms with Gasteiger partial charge >= 0.3 is 12.1 Å². The van der Waals surface area contributed by atoms with E-state index >= 15 is 0 Å². The molecule has 10 heteroatoms. The molecule has 0 radical (unpaired) electrons. The Kier molecular flexibility index (Phi) is 12.1. The molecule has 0 aliphatic carbocycles. The Morgan fingerprint density at radius 1 is 1.00 bits per heavy atom. The third-order valence-electron chi connectivity index (χ3n) is 6.46. The molecule has 0 unspecified atom stereocenters. The number of nitrogens with zero attached hydrogens (tertiary/aromatic N) is 2. The normalized spacial score (nSPS) is 12.5. The SMILES string of the molecule is CCOCCCOC(=O)c1ccc(O/C(CC(C)C)=c2\c(-c3ccc(C(F)(F)F)cc3)c(C#N)c(C#N)c\c2=C\CF)cc1. The highest BCUT2D eigenvalue weighted by Crippen LogP contribution is 2.32. The maximum atomic E-state index is 13.8. The van der Waals surface area contributed by atoms with Crippen molar-refractivity contribution in [1.29, 1.82) is 10.5 Å². The number of benzene rings is 3. The van der Waals surface area contributed by atoms with Crippen molar-refractivity contribution in [3.63, 3.8) is 0 Å². The summed E-state index contributed by atoms with van der Waals surface area (Å²) in [6.45, 7) is 6.04. The highest BCUT2D eigenvalue weighted by atomic mass is 19.4. The number of esters is 1. The summed E-state index contributed by atoms with van der Waals surface area (Å²) in [6, 6.07) is 15.7. The van der Waals surface area contributed by atoms with E-state index in [1.54, 1.807) is 12.1 Å². The van der Waals surface area contributed by atoms with E-state index in [1.807, 2.05) is 32.9 Å². The zero-order chi connectivity index (χ0) is 32.3. The monoisotopic (exact) mass is 608 g/mol. The Labute approximate surface area is 253 Å². The van der Waals surface area contributed by atoms with Crippen LogP contribution in [0, 0.1) is 28.6 Å². The molecule has 0 bridgehead atoms. The van der Waals surface area contributed by atoms with Gasteiger partial charge in [-0.2, -0.15) is 23.7 Å². The van der Waals surface area contributed by atoms with Crippen LogP contribution in [0.15, 0.2) is 54.6 Å². The van der Waals surface area contributed by atoms with Gasteiger partial charge in [0.15, 0.2) is 0 Å². The summed E-state index contributed by atoms with van der Waals surface area (Å²) in [5.74, 6) is 0.105. The standard InChI is InChI=1S/C34H32F4N2O4/c1-4-42-16-5-17-43-33(41)24-8-12-28(13-9-24)44-30(18-22(2)3)32-25(14-15-35)19-26(20-39)29(21-40)31(32)23-6-10-27(11-7-23)34(36,37)38/h6-14,19,22H,4-5,15-18H2,1-3H3/b25-14-,32-30-. The lowest BCUT2D eigenvalue weighted by Gasteiger charge is -2.17. The van der Waals surface area contributed by atoms with Crippen LogP contribution in [0.5, 0.6) is 5.75 Å². The third kappa shape index (κ3) is 8.68. The number of hydrogen-bond acceptors (Lipinski definition) is 6. The highest BCUT2D eigenvalue weighted by molar-refractivity contribution is 5.89. The van der Waals surface area contributed by atoms with Gasteiger partial charge in [-0.05, 0) is 72.2 Å². The average Bonchev–Trinajstić information content (AvgIpc) is 2.99. The summed E-state index contributed by atoms with van der Waals surface area (Å²) in [5, 5.41) is 20.4. The van der Waals surface area contributed by atoms with Gasteiger partial charge in [0.05, 0.1) is 28.9 Å². The van der Waals surface area contributed by atoms with E-state index in [0.29, 0.717) is 43.1 Å². The quantitative estimate of drug-likeness (QED) is 0.129. The van der Waals surface area contributed by atoms with Crippen molar-refractivity contribution in [2.45, 2.75) is 39.8 Å². The van der Waals surface area contributed by atoms with Crippen LogP contribution in [0.4, 0.5) is 17.6 Å². The number of nitriles is 2. The minimum Gasteiger partial charge on any atom is -0.462 e. The first-order valence-corrected chi connectivity index (χ1v) is 14.0. The molecule has 230 valence electrons. The molecule has 6 nitrogen and oxygen atoms in total. The average molecular weight is 609 g/mol. The Balaban J connectivity index is 2.20. The lowest BCUT2D eigenvalue weighted by molar-refractivity contribution is -0.137. The molecule has 3 rings (SSSR count). The zero-order valence-electron chi connectivity index (χ0n) is 24.6. The van der Waals surface area contributed by atoms with E-state index in [-0.39, 0.29) is 45.2 Å². The van der Waals surface area contributed by atoms with Crippen molar-refractivity contribution in [2.24, 2.45) is 5.92 Å². The van der Waals surface area contributed by atoms with Gasteiger partial charge in [-0.25, -0.2) is 9.18 Å². The Morgan fingerprint density at radius 2 is 1.68 bits per heavy atom. The summed E-state index contributed by atoms with van der Waals surface area (Å²) in [7, 11) is 0. The number of carbonyl (C=O) groups is 1. The smallest absolute Gasteiger partial charge is 0.416 e. The molecule has 0 heterocycles. The van der Waals surface area contributed by atoms with Crippen LogP contribution < -0.4 is 15.2 Å². The van der Waals surface area contributed by atoms with E-state index in [4.69, 9.17) is 14.2 Å². The van der Waals surface area contributed by atoms with Gasteiger partial charge in [0.2, 0.25) is 0 Å². The van der Waals surface area contributed by atoms with Crippen LogP contribution in [-0.4, -0.2) is 32.5 Å². The molecule has 0 aliphatic heterocycles. The molecule has 0 N–H and O–H groups in total. The van der Waals surface area contributed by atoms with Gasteiger partial charge in [-0.3, -0.25) is 0 Å². The first kappa shape index (κ1) is 33.8. The van der Waals surface area contributed by atoms with E-state index in [9.17, 15) is 32.9 Å². The molecule has 0 saturated heterocycles. The molecular weight excluding hydrogens is 576 g/mol. The lowest BCUT2D eigenvalue weighted by atomic mass is 9.90. The second kappa shape index (κ2) is 15.7. The maximum Gasteiger partial charge on any atom is 0.416 e. The fourth-order valence-electron chi connectivity index (χ4n) is 4.49. The van der Waals surface area contributed by atoms with Crippen molar-refractivity contribution >= 4 is 17.8 Å². The number of hydrogen-bond donors (Lipinski definition) is 0. The fourth-order valence-corrected chi connectivity index (χ4v) is 4.49. The zero-order valence-corrected chi connectivity index (χ0v) is 24.6. The predicted octanol–water partition coefficient (Wildman–Crippen LogP) is 6.68. The van der Waals surface area contributed by atoms with Crippen LogP contribution >= 0.6 is 0 Å². The molecule has 3 aromatic rings. The van der Waals surface area contributed by atoms with E-state index < -0.39 is 24.4 Å². The summed E-state index contributed by atoms with van der Waals surface area (Å²) in [6.07, 6.45) is -2.51. The predicted molar refractivity (Wildman–Crippen MR) is 157 cm³/mol. The van der Waals surface area contributed by atoms with Crippen molar-refractivity contribution in [3.05, 3.63) is 87.3 Å². The second-order valence-corrected chi connectivity index (χ2v) is 10.1. The van der Waals surface area contributed by atoms with Gasteiger partial charge < -0.3 is 14.2 Å². The van der Waals surface area contributed by atoms with Gasteiger partial charge in [0.25, 0.3) is 0 Å². The molecule has 0 aromatic heterocycles. The second-order valence-electron chi connectivity index (χ2n) is 10.1. The number of rotatable bonds is 12. The minimum atomic E-state index is -4.58. The summed E-state index contributed by atoms with van der Waals surface area (Å²) in [4.78, 5) is 12.4. The van der Waals surface area contributed by atoms with Gasteiger partial charge in [-0.15, -0.1) is 0 Å². The van der Waals surface area contributed by atoms with Crippen molar-refractivity contribution in [1.82, 2.24) is 0 Å². The van der Waals surface area contributed by atoms with Crippen LogP contribution in [-0.2, 0) is 15.7 Å². The number of ether oxygens (including phenoxy) is 3. The molecule has 0 spiro atoms. The van der Waals surface area contributed by atoms with Crippen LogP contribution in [0.3, 0.4) is 0 Å².